The molecule has 1 saturated heterocycles. The minimum absolute atomic E-state index is 0.287. The second kappa shape index (κ2) is 5.05. The van der Waals surface area contributed by atoms with E-state index in [2.05, 4.69) is 15.8 Å². The number of halogens is 1. The first-order valence-electron chi connectivity index (χ1n) is 5.68. The molecule has 2 aliphatic heterocycles. The zero-order chi connectivity index (χ0) is 12.3. The van der Waals surface area contributed by atoms with Crippen molar-refractivity contribution in [3.8, 4) is 0 Å². The minimum atomic E-state index is -1.01. The van der Waals surface area contributed by atoms with E-state index in [4.69, 9.17) is 4.74 Å². The smallest absolute Gasteiger partial charge is 0.150 e. The van der Waals surface area contributed by atoms with Crippen molar-refractivity contribution in [2.75, 3.05) is 33.3 Å². The maximum Gasteiger partial charge on any atom is 0.150 e. The molecular formula is C10H17FN4O2. The third kappa shape index (κ3) is 2.61. The molecule has 0 aromatic heterocycles. The van der Waals surface area contributed by atoms with Crippen LogP contribution in [0.5, 0.6) is 0 Å². The van der Waals surface area contributed by atoms with Gasteiger partial charge in [0.15, 0.2) is 0 Å². The summed E-state index contributed by atoms with van der Waals surface area (Å²) < 4.78 is 18.7. The molecule has 0 saturated carbocycles. The predicted molar refractivity (Wildman–Crippen MR) is 58.4 cm³/mol. The van der Waals surface area contributed by atoms with Gasteiger partial charge in [-0.25, -0.2) is 4.39 Å². The number of carbonyl (C=O) groups is 1. The van der Waals surface area contributed by atoms with Gasteiger partial charge in [0.25, 0.3) is 0 Å². The summed E-state index contributed by atoms with van der Waals surface area (Å²) >= 11 is 0. The maximum absolute atomic E-state index is 13.7. The van der Waals surface area contributed by atoms with Crippen LogP contribution in [0.1, 0.15) is 6.42 Å². The Morgan fingerprint density at radius 3 is 3.06 bits per heavy atom. The number of carbonyl (C=O) groups excluding carboxylic acids is 1. The molecule has 0 radical (unpaired) electrons. The van der Waals surface area contributed by atoms with Crippen molar-refractivity contribution in [2.24, 2.45) is 10.3 Å². The number of nitrogens with one attached hydrogen (secondary N) is 1. The molecule has 7 heteroatoms. The van der Waals surface area contributed by atoms with E-state index in [1.165, 1.54) is 7.11 Å². The van der Waals surface area contributed by atoms with Gasteiger partial charge in [-0.15, -0.1) is 0 Å². The van der Waals surface area contributed by atoms with Gasteiger partial charge in [-0.3, -0.25) is 10.3 Å². The lowest BCUT2D eigenvalue weighted by molar-refractivity contribution is -0.114. The highest BCUT2D eigenvalue weighted by Crippen LogP contribution is 2.19. The number of ether oxygens (including phenoxy) is 1. The number of hydrogen-bond donors (Lipinski definition) is 1. The van der Waals surface area contributed by atoms with Gasteiger partial charge in [-0.1, -0.05) is 5.22 Å². The summed E-state index contributed by atoms with van der Waals surface area (Å²) in [6.07, 6.45) is 0.112. The standard InChI is InChI=1S/C10H17FN4O2/c1-17-9-2-3-15(4-8(9)11)6-10(7-16)5-12-14-13-10/h7-9H,2-6H2,1H3,(H,12,13)/t8-,9+,10?/m1/s1. The van der Waals surface area contributed by atoms with Gasteiger partial charge in [0.1, 0.15) is 18.0 Å². The van der Waals surface area contributed by atoms with Crippen molar-refractivity contribution in [2.45, 2.75) is 24.2 Å². The van der Waals surface area contributed by atoms with Gasteiger partial charge >= 0.3 is 0 Å². The molecule has 3 atom stereocenters. The van der Waals surface area contributed by atoms with Crippen LogP contribution in [0.25, 0.3) is 0 Å². The lowest BCUT2D eigenvalue weighted by atomic mass is 9.99. The quantitative estimate of drug-likeness (QED) is 0.704. The van der Waals surface area contributed by atoms with Crippen LogP contribution in [0.15, 0.2) is 10.3 Å². The van der Waals surface area contributed by atoms with Gasteiger partial charge in [0, 0.05) is 26.7 Å². The molecule has 0 bridgehead atoms. The maximum atomic E-state index is 13.7. The Bertz CT molecular complexity index is 305. The lowest BCUT2D eigenvalue weighted by Crippen LogP contribution is -2.56. The van der Waals surface area contributed by atoms with E-state index in [0.29, 0.717) is 19.5 Å². The largest absolute Gasteiger partial charge is 0.378 e. The molecule has 2 aliphatic rings. The Kier molecular flexibility index (Phi) is 3.68. The number of aldehydes is 1. The molecule has 17 heavy (non-hydrogen) atoms. The minimum Gasteiger partial charge on any atom is -0.378 e. The average molecular weight is 244 g/mol. The second-order valence-corrected chi connectivity index (χ2v) is 4.60. The van der Waals surface area contributed by atoms with E-state index in [0.717, 1.165) is 12.8 Å². The zero-order valence-electron chi connectivity index (χ0n) is 9.80. The highest BCUT2D eigenvalue weighted by Gasteiger charge is 2.38. The van der Waals surface area contributed by atoms with Crippen molar-refractivity contribution >= 4 is 6.29 Å². The van der Waals surface area contributed by atoms with Gasteiger partial charge in [0.05, 0.1) is 12.6 Å². The van der Waals surface area contributed by atoms with Crippen molar-refractivity contribution in [3.05, 3.63) is 0 Å². The lowest BCUT2D eigenvalue weighted by Gasteiger charge is -2.37. The van der Waals surface area contributed by atoms with Crippen LogP contribution in [0.4, 0.5) is 4.39 Å². The number of likely N-dealkylation sites (tertiary alicyclic amines) is 1. The summed E-state index contributed by atoms with van der Waals surface area (Å²) in [5.41, 5.74) is 1.92. The first kappa shape index (κ1) is 12.4. The van der Waals surface area contributed by atoms with Crippen LogP contribution in [0.2, 0.25) is 0 Å². The number of alkyl halides is 1. The summed E-state index contributed by atoms with van der Waals surface area (Å²) in [6.45, 7) is 1.75. The zero-order valence-corrected chi connectivity index (χ0v) is 9.80. The summed E-state index contributed by atoms with van der Waals surface area (Å²) in [7, 11) is 1.52. The van der Waals surface area contributed by atoms with Crippen LogP contribution in [0.3, 0.4) is 0 Å². The fraction of sp³-hybridized carbons (Fsp3) is 0.900. The summed E-state index contributed by atoms with van der Waals surface area (Å²) in [6, 6.07) is 0. The predicted octanol–water partition coefficient (Wildman–Crippen LogP) is -0.0467. The number of rotatable bonds is 4. The molecule has 0 spiro atoms. The fourth-order valence-electron chi connectivity index (χ4n) is 2.27. The topological polar surface area (TPSA) is 66.3 Å². The molecule has 2 rings (SSSR count). The third-order valence-corrected chi connectivity index (χ3v) is 3.30. The number of methoxy groups -OCH3 is 1. The monoisotopic (exact) mass is 244 g/mol. The molecule has 2 heterocycles. The SMILES string of the molecule is CO[C@H]1CCN(CC2(C=O)CN=NN2)C[C@H]1F. The van der Waals surface area contributed by atoms with Crippen molar-refractivity contribution in [3.63, 3.8) is 0 Å². The highest BCUT2D eigenvalue weighted by atomic mass is 19.1. The first-order valence-corrected chi connectivity index (χ1v) is 5.68. The van der Waals surface area contributed by atoms with E-state index in [1.807, 2.05) is 4.90 Å². The van der Waals surface area contributed by atoms with Crippen molar-refractivity contribution in [1.82, 2.24) is 10.3 Å². The molecule has 1 unspecified atom stereocenters. The van der Waals surface area contributed by atoms with E-state index in [1.54, 1.807) is 0 Å². The highest BCUT2D eigenvalue weighted by molar-refractivity contribution is 5.65. The van der Waals surface area contributed by atoms with Crippen molar-refractivity contribution < 1.29 is 13.9 Å². The third-order valence-electron chi connectivity index (χ3n) is 3.30. The molecule has 0 aromatic carbocycles. The normalized spacial score (nSPS) is 38.0. The van der Waals surface area contributed by atoms with Gasteiger partial charge in [-0.2, -0.15) is 5.11 Å². The molecule has 6 nitrogen and oxygen atoms in total. The van der Waals surface area contributed by atoms with Gasteiger partial charge in [0.2, 0.25) is 0 Å². The van der Waals surface area contributed by atoms with Crippen LogP contribution in [0, 0.1) is 0 Å². The Morgan fingerprint density at radius 2 is 2.53 bits per heavy atom. The number of hydrogen-bond acceptors (Lipinski definition) is 6. The number of piperidine rings is 1. The van der Waals surface area contributed by atoms with Gasteiger partial charge in [-0.05, 0) is 6.42 Å². The fourth-order valence-corrected chi connectivity index (χ4v) is 2.27. The van der Waals surface area contributed by atoms with E-state index < -0.39 is 11.7 Å². The van der Waals surface area contributed by atoms with E-state index in [9.17, 15) is 9.18 Å². The Labute approximate surface area is 99.2 Å². The Morgan fingerprint density at radius 1 is 1.71 bits per heavy atom. The molecule has 0 amide bonds. The molecular weight excluding hydrogens is 227 g/mol. The van der Waals surface area contributed by atoms with Gasteiger partial charge < -0.3 is 9.53 Å². The summed E-state index contributed by atoms with van der Waals surface area (Å²) in [5, 5.41) is 7.38. The van der Waals surface area contributed by atoms with Crippen LogP contribution >= 0.6 is 0 Å². The van der Waals surface area contributed by atoms with E-state index >= 15 is 0 Å². The molecule has 96 valence electrons. The van der Waals surface area contributed by atoms with Crippen molar-refractivity contribution in [1.29, 1.82) is 0 Å². The first-order chi connectivity index (χ1) is 8.19. The average Bonchev–Trinajstić information content (AvgIpc) is 2.79. The number of nitrogens with zero attached hydrogens (tertiary/aromatic N) is 3. The molecule has 0 aromatic rings. The van der Waals surface area contributed by atoms with Crippen LogP contribution < -0.4 is 5.43 Å². The Balaban J connectivity index is 1.90. The van der Waals surface area contributed by atoms with E-state index in [-0.39, 0.29) is 12.6 Å². The molecule has 0 aliphatic carbocycles. The van der Waals surface area contributed by atoms with Crippen LogP contribution in [-0.2, 0) is 9.53 Å². The summed E-state index contributed by atoms with van der Waals surface area (Å²) in [4.78, 5) is 13.0. The Hall–Kier alpha value is -1.08. The molecule has 1 N–H and O–H groups in total. The summed E-state index contributed by atoms with van der Waals surface area (Å²) in [5.74, 6) is 0. The second-order valence-electron chi connectivity index (χ2n) is 4.60. The van der Waals surface area contributed by atoms with Crippen LogP contribution in [-0.4, -0.2) is 62.3 Å². The molecule has 1 fully saturated rings.